The van der Waals surface area contributed by atoms with Crippen LogP contribution in [0.1, 0.15) is 24.2 Å². The van der Waals surface area contributed by atoms with Crippen LogP contribution in [0.3, 0.4) is 0 Å². The molecule has 0 aliphatic heterocycles. The largest absolute Gasteiger partial charge is 0.486 e. The van der Waals surface area contributed by atoms with Crippen LogP contribution in [0.2, 0.25) is 0 Å². The van der Waals surface area contributed by atoms with Gasteiger partial charge in [0.1, 0.15) is 22.7 Å². The second-order valence-corrected chi connectivity index (χ2v) is 3.98. The highest BCUT2D eigenvalue weighted by Gasteiger charge is 2.23. The molecule has 3 N–H and O–H groups in total. The first-order valence-corrected chi connectivity index (χ1v) is 4.78. The minimum Gasteiger partial charge on any atom is -0.486 e. The van der Waals surface area contributed by atoms with E-state index in [4.69, 9.17) is 15.6 Å². The van der Waals surface area contributed by atoms with E-state index in [1.807, 2.05) is 0 Å². The van der Waals surface area contributed by atoms with Crippen molar-refractivity contribution >= 4 is 5.97 Å². The summed E-state index contributed by atoms with van der Waals surface area (Å²) in [4.78, 5) is 10.9. The summed E-state index contributed by atoms with van der Waals surface area (Å²) in [5.74, 6) is -2.19. The van der Waals surface area contributed by atoms with Crippen molar-refractivity contribution in [3.05, 3.63) is 29.6 Å². The molecule has 0 spiro atoms. The maximum atomic E-state index is 13.3. The van der Waals surface area contributed by atoms with E-state index in [0.29, 0.717) is 0 Å². The number of carboxylic acids is 1. The SMILES string of the molecule is CC(C)(CN)Oc1cccc(F)c1C(=O)O. The molecule has 0 atom stereocenters. The highest BCUT2D eigenvalue weighted by molar-refractivity contribution is 5.91. The number of benzene rings is 1. The molecule has 0 aliphatic carbocycles. The number of hydrogen-bond donors (Lipinski definition) is 2. The zero-order valence-corrected chi connectivity index (χ0v) is 9.16. The number of rotatable bonds is 4. The fourth-order valence-electron chi connectivity index (χ4n) is 1.14. The zero-order valence-electron chi connectivity index (χ0n) is 9.16. The first-order chi connectivity index (χ1) is 7.37. The van der Waals surface area contributed by atoms with Crippen LogP contribution in [0.25, 0.3) is 0 Å². The molecule has 1 aromatic rings. The molecule has 0 amide bonds. The molecule has 4 nitrogen and oxygen atoms in total. The first-order valence-electron chi connectivity index (χ1n) is 4.78. The Morgan fingerprint density at radius 1 is 1.56 bits per heavy atom. The van der Waals surface area contributed by atoms with Crippen LogP contribution in [0.5, 0.6) is 5.75 Å². The van der Waals surface area contributed by atoms with Crippen LogP contribution >= 0.6 is 0 Å². The van der Waals surface area contributed by atoms with Crippen LogP contribution in [0.4, 0.5) is 4.39 Å². The van der Waals surface area contributed by atoms with Crippen molar-refractivity contribution in [1.29, 1.82) is 0 Å². The third-order valence-electron chi connectivity index (χ3n) is 2.07. The first kappa shape index (κ1) is 12.4. The molecule has 0 fully saturated rings. The van der Waals surface area contributed by atoms with Crippen molar-refractivity contribution in [2.75, 3.05) is 6.54 Å². The van der Waals surface area contributed by atoms with Crippen molar-refractivity contribution < 1.29 is 19.0 Å². The molecule has 0 bridgehead atoms. The number of aromatic carboxylic acids is 1. The monoisotopic (exact) mass is 227 g/mol. The Hall–Kier alpha value is -1.62. The van der Waals surface area contributed by atoms with Gasteiger partial charge in [-0.05, 0) is 26.0 Å². The Bertz CT molecular complexity index is 404. The molecular formula is C11H14FNO3. The van der Waals surface area contributed by atoms with Crippen LogP contribution in [-0.4, -0.2) is 23.2 Å². The second kappa shape index (κ2) is 4.49. The Labute approximate surface area is 92.8 Å². The molecule has 5 heteroatoms. The normalized spacial score (nSPS) is 11.2. The van der Waals surface area contributed by atoms with Gasteiger partial charge in [-0.25, -0.2) is 9.18 Å². The predicted octanol–water partition coefficient (Wildman–Crippen LogP) is 1.64. The van der Waals surface area contributed by atoms with Gasteiger partial charge in [-0.1, -0.05) is 6.07 Å². The summed E-state index contributed by atoms with van der Waals surface area (Å²) in [6.07, 6.45) is 0. The molecule has 0 saturated carbocycles. The number of carbonyl (C=O) groups is 1. The van der Waals surface area contributed by atoms with E-state index in [1.165, 1.54) is 12.1 Å². The third-order valence-corrected chi connectivity index (χ3v) is 2.07. The summed E-state index contributed by atoms with van der Waals surface area (Å²) in [5.41, 5.74) is 4.25. The fourth-order valence-corrected chi connectivity index (χ4v) is 1.14. The average molecular weight is 227 g/mol. The lowest BCUT2D eigenvalue weighted by molar-refractivity contribution is 0.0671. The van der Waals surface area contributed by atoms with Gasteiger partial charge in [0.15, 0.2) is 0 Å². The maximum absolute atomic E-state index is 13.3. The van der Waals surface area contributed by atoms with E-state index in [2.05, 4.69) is 0 Å². The third kappa shape index (κ3) is 2.70. The Morgan fingerprint density at radius 3 is 2.69 bits per heavy atom. The fraction of sp³-hybridized carbons (Fsp3) is 0.364. The summed E-state index contributed by atoms with van der Waals surface area (Å²) < 4.78 is 18.7. The molecule has 0 unspecified atom stereocenters. The Kier molecular flexibility index (Phi) is 3.49. The smallest absolute Gasteiger partial charge is 0.342 e. The van der Waals surface area contributed by atoms with E-state index < -0.39 is 23.0 Å². The molecule has 0 saturated heterocycles. The molecule has 0 radical (unpaired) electrons. The topological polar surface area (TPSA) is 72.5 Å². The minimum atomic E-state index is -1.36. The average Bonchev–Trinajstić information content (AvgIpc) is 2.16. The molecular weight excluding hydrogens is 213 g/mol. The van der Waals surface area contributed by atoms with E-state index in [1.54, 1.807) is 13.8 Å². The van der Waals surface area contributed by atoms with Crippen LogP contribution in [0.15, 0.2) is 18.2 Å². The summed E-state index contributed by atoms with van der Waals surface area (Å²) in [5, 5.41) is 8.86. The minimum absolute atomic E-state index is 0.0112. The lowest BCUT2D eigenvalue weighted by Crippen LogP contribution is -2.37. The van der Waals surface area contributed by atoms with Gasteiger partial charge in [-0.15, -0.1) is 0 Å². The van der Waals surface area contributed by atoms with Gasteiger partial charge in [-0.2, -0.15) is 0 Å². The lowest BCUT2D eigenvalue weighted by atomic mass is 10.1. The second-order valence-electron chi connectivity index (χ2n) is 3.98. The van der Waals surface area contributed by atoms with Crippen molar-refractivity contribution in [3.63, 3.8) is 0 Å². The van der Waals surface area contributed by atoms with Crippen molar-refractivity contribution in [2.45, 2.75) is 19.4 Å². The van der Waals surface area contributed by atoms with E-state index in [-0.39, 0.29) is 12.3 Å². The van der Waals surface area contributed by atoms with E-state index in [9.17, 15) is 9.18 Å². The summed E-state index contributed by atoms with van der Waals surface area (Å²) in [6.45, 7) is 3.59. The van der Waals surface area contributed by atoms with Gasteiger partial charge in [0.05, 0.1) is 0 Å². The van der Waals surface area contributed by atoms with Gasteiger partial charge in [0.25, 0.3) is 0 Å². The number of nitrogens with two attached hydrogens (primary N) is 1. The lowest BCUT2D eigenvalue weighted by Gasteiger charge is -2.25. The summed E-state index contributed by atoms with van der Waals surface area (Å²) in [6, 6.07) is 3.87. The Morgan fingerprint density at radius 2 is 2.19 bits per heavy atom. The van der Waals surface area contributed by atoms with E-state index >= 15 is 0 Å². The number of carboxylic acid groups (broad SMARTS) is 1. The molecule has 0 heterocycles. The van der Waals surface area contributed by atoms with Crippen molar-refractivity contribution in [3.8, 4) is 5.75 Å². The molecule has 1 rings (SSSR count). The molecule has 0 aliphatic rings. The number of hydrogen-bond acceptors (Lipinski definition) is 3. The van der Waals surface area contributed by atoms with Crippen LogP contribution in [0, 0.1) is 5.82 Å². The van der Waals surface area contributed by atoms with Crippen LogP contribution in [-0.2, 0) is 0 Å². The molecule has 16 heavy (non-hydrogen) atoms. The zero-order chi connectivity index (χ0) is 12.3. The van der Waals surface area contributed by atoms with Gasteiger partial charge >= 0.3 is 5.97 Å². The van der Waals surface area contributed by atoms with Gasteiger partial charge in [0.2, 0.25) is 0 Å². The number of ether oxygens (including phenoxy) is 1. The van der Waals surface area contributed by atoms with Crippen molar-refractivity contribution in [1.82, 2.24) is 0 Å². The van der Waals surface area contributed by atoms with Gasteiger partial charge in [-0.3, -0.25) is 0 Å². The molecule has 0 aromatic heterocycles. The van der Waals surface area contributed by atoms with Crippen LogP contribution < -0.4 is 10.5 Å². The van der Waals surface area contributed by atoms with Crippen molar-refractivity contribution in [2.24, 2.45) is 5.73 Å². The highest BCUT2D eigenvalue weighted by atomic mass is 19.1. The summed E-state index contributed by atoms with van der Waals surface area (Å²) >= 11 is 0. The maximum Gasteiger partial charge on any atom is 0.342 e. The van der Waals surface area contributed by atoms with Gasteiger partial charge < -0.3 is 15.6 Å². The molecule has 1 aromatic carbocycles. The predicted molar refractivity (Wildman–Crippen MR) is 57.1 cm³/mol. The van der Waals surface area contributed by atoms with E-state index in [0.717, 1.165) is 6.07 Å². The van der Waals surface area contributed by atoms with Gasteiger partial charge in [0, 0.05) is 6.54 Å². The quantitative estimate of drug-likeness (QED) is 0.820. The highest BCUT2D eigenvalue weighted by Crippen LogP contribution is 2.25. The molecule has 88 valence electrons. The standard InChI is InChI=1S/C11H14FNO3/c1-11(2,6-13)16-8-5-3-4-7(12)9(8)10(14)15/h3-5H,6,13H2,1-2H3,(H,14,15). The number of halogens is 1. The summed E-state index contributed by atoms with van der Waals surface area (Å²) in [7, 11) is 0. The Balaban J connectivity index is 3.14.